The number of carbonyl (C=O) groups excluding carboxylic acids is 1. The van der Waals surface area contributed by atoms with E-state index in [-0.39, 0.29) is 5.97 Å². The van der Waals surface area contributed by atoms with Gasteiger partial charge in [0.15, 0.2) is 0 Å². The summed E-state index contributed by atoms with van der Waals surface area (Å²) in [7, 11) is 1.32. The Labute approximate surface area is 73.0 Å². The van der Waals surface area contributed by atoms with Crippen LogP contribution >= 0.6 is 0 Å². The molecule has 0 aromatic carbocycles. The summed E-state index contributed by atoms with van der Waals surface area (Å²) in [6, 6.07) is 0. The largest absolute Gasteiger partial charge is 0.469 e. The van der Waals surface area contributed by atoms with Gasteiger partial charge in [-0.05, 0) is 20.3 Å². The van der Waals surface area contributed by atoms with E-state index in [1.54, 1.807) is 6.92 Å². The first kappa shape index (κ1) is 11.2. The average molecular weight is 172 g/mol. The highest BCUT2D eigenvalue weighted by atomic mass is 16.5. The normalized spacial score (nSPS) is 15.0. The number of carbonyl (C=O) groups is 1. The summed E-state index contributed by atoms with van der Waals surface area (Å²) >= 11 is 0. The fraction of sp³-hybridized carbons (Fsp3) is 0.667. The van der Waals surface area contributed by atoms with Crippen LogP contribution in [0.4, 0.5) is 0 Å². The van der Waals surface area contributed by atoms with Gasteiger partial charge >= 0.3 is 5.97 Å². The summed E-state index contributed by atoms with van der Waals surface area (Å²) in [5.41, 5.74) is 0.867. The van der Waals surface area contributed by atoms with Gasteiger partial charge in [0.2, 0.25) is 0 Å². The second kappa shape index (κ2) is 4.93. The molecule has 0 amide bonds. The monoisotopic (exact) mass is 172 g/mol. The van der Waals surface area contributed by atoms with Crippen molar-refractivity contribution in [1.29, 1.82) is 0 Å². The minimum Gasteiger partial charge on any atom is -0.469 e. The van der Waals surface area contributed by atoms with Crippen molar-refractivity contribution in [3.8, 4) is 0 Å². The zero-order chi connectivity index (χ0) is 9.72. The number of allylic oxidation sites excluding steroid dienone is 1. The summed E-state index contributed by atoms with van der Waals surface area (Å²) in [5.74, 6) is -0.861. The zero-order valence-electron chi connectivity index (χ0n) is 7.83. The molecule has 0 unspecified atom stereocenters. The molecule has 12 heavy (non-hydrogen) atoms. The van der Waals surface area contributed by atoms with Gasteiger partial charge < -0.3 is 9.84 Å². The second-order valence-corrected chi connectivity index (χ2v) is 3.03. The van der Waals surface area contributed by atoms with Crippen molar-refractivity contribution >= 4 is 5.97 Å². The molecule has 0 aliphatic carbocycles. The zero-order valence-corrected chi connectivity index (χ0v) is 7.83. The van der Waals surface area contributed by atoms with Gasteiger partial charge in [-0.25, -0.2) is 0 Å². The van der Waals surface area contributed by atoms with Crippen molar-refractivity contribution in [3.63, 3.8) is 0 Å². The molecule has 3 heteroatoms. The molecule has 3 nitrogen and oxygen atoms in total. The van der Waals surface area contributed by atoms with E-state index in [0.717, 1.165) is 5.57 Å². The van der Waals surface area contributed by atoms with E-state index in [1.807, 2.05) is 6.92 Å². The lowest BCUT2D eigenvalue weighted by Gasteiger charge is -2.16. The molecule has 0 heterocycles. The molecular weight excluding hydrogens is 156 g/mol. The minimum absolute atomic E-state index is 0.381. The Morgan fingerprint density at radius 3 is 2.42 bits per heavy atom. The van der Waals surface area contributed by atoms with Crippen LogP contribution in [0.5, 0.6) is 0 Å². The van der Waals surface area contributed by atoms with E-state index < -0.39 is 12.0 Å². The Hall–Kier alpha value is -0.830. The van der Waals surface area contributed by atoms with Gasteiger partial charge in [0, 0.05) is 0 Å². The summed E-state index contributed by atoms with van der Waals surface area (Å²) in [6.07, 6.45) is -0.209. The fourth-order valence-corrected chi connectivity index (χ4v) is 0.978. The van der Waals surface area contributed by atoms with Crippen molar-refractivity contribution < 1.29 is 14.6 Å². The van der Waals surface area contributed by atoms with E-state index >= 15 is 0 Å². The maximum atomic E-state index is 11.1. The standard InChI is InChI=1S/C9H16O3/c1-6(2)5-8(7(3)10)9(11)12-4/h7-8,10H,1,5H2,2-4H3/t7-,8-/m1/s1. The number of esters is 1. The maximum Gasteiger partial charge on any atom is 0.311 e. The molecular formula is C9H16O3. The third-order valence-corrected chi connectivity index (χ3v) is 1.65. The number of aliphatic hydroxyl groups is 1. The Balaban J connectivity index is 4.23. The third kappa shape index (κ3) is 3.53. The molecule has 0 rings (SSSR count). The van der Waals surface area contributed by atoms with E-state index in [4.69, 9.17) is 0 Å². The van der Waals surface area contributed by atoms with E-state index in [1.165, 1.54) is 7.11 Å². The first-order valence-corrected chi connectivity index (χ1v) is 3.89. The molecule has 1 N–H and O–H groups in total. The second-order valence-electron chi connectivity index (χ2n) is 3.03. The first-order valence-electron chi connectivity index (χ1n) is 3.89. The molecule has 70 valence electrons. The SMILES string of the molecule is C=C(C)C[C@@H](C(=O)OC)[C@@H](C)O. The first-order chi connectivity index (χ1) is 5.49. The van der Waals surface area contributed by atoms with E-state index in [0.29, 0.717) is 6.42 Å². The summed E-state index contributed by atoms with van der Waals surface area (Å²) in [5, 5.41) is 9.22. The van der Waals surface area contributed by atoms with E-state index in [9.17, 15) is 9.90 Å². The van der Waals surface area contributed by atoms with Crippen LogP contribution in [-0.4, -0.2) is 24.3 Å². The molecule has 0 bridgehead atoms. The smallest absolute Gasteiger partial charge is 0.311 e. The van der Waals surface area contributed by atoms with Crippen molar-refractivity contribution in [3.05, 3.63) is 12.2 Å². The maximum absolute atomic E-state index is 11.1. The van der Waals surface area contributed by atoms with E-state index in [2.05, 4.69) is 11.3 Å². The van der Waals surface area contributed by atoms with Crippen LogP contribution in [0.25, 0.3) is 0 Å². The summed E-state index contributed by atoms with van der Waals surface area (Å²) < 4.78 is 4.53. The highest BCUT2D eigenvalue weighted by molar-refractivity contribution is 5.73. The van der Waals surface area contributed by atoms with Crippen molar-refractivity contribution in [2.45, 2.75) is 26.4 Å². The number of aliphatic hydroxyl groups excluding tert-OH is 1. The molecule has 0 fully saturated rings. The number of ether oxygens (including phenoxy) is 1. The lowest BCUT2D eigenvalue weighted by atomic mass is 9.96. The van der Waals surface area contributed by atoms with Crippen LogP contribution in [0.3, 0.4) is 0 Å². The van der Waals surface area contributed by atoms with Crippen LogP contribution in [-0.2, 0) is 9.53 Å². The Morgan fingerprint density at radius 1 is 1.67 bits per heavy atom. The summed E-state index contributed by atoms with van der Waals surface area (Å²) in [4.78, 5) is 11.1. The molecule has 0 radical (unpaired) electrons. The highest BCUT2D eigenvalue weighted by Crippen LogP contribution is 2.15. The van der Waals surface area contributed by atoms with Crippen molar-refractivity contribution in [2.24, 2.45) is 5.92 Å². The lowest BCUT2D eigenvalue weighted by Crippen LogP contribution is -2.27. The topological polar surface area (TPSA) is 46.5 Å². The van der Waals surface area contributed by atoms with Gasteiger partial charge in [0.25, 0.3) is 0 Å². The van der Waals surface area contributed by atoms with Crippen LogP contribution in [0.15, 0.2) is 12.2 Å². The molecule has 0 aliphatic heterocycles. The van der Waals surface area contributed by atoms with Crippen LogP contribution in [0.2, 0.25) is 0 Å². The van der Waals surface area contributed by atoms with Crippen LogP contribution in [0, 0.1) is 5.92 Å². The fourth-order valence-electron chi connectivity index (χ4n) is 0.978. The predicted octanol–water partition coefficient (Wildman–Crippen LogP) is 1.12. The molecule has 0 spiro atoms. The number of rotatable bonds is 4. The Morgan fingerprint density at radius 2 is 2.17 bits per heavy atom. The number of hydrogen-bond acceptors (Lipinski definition) is 3. The van der Waals surface area contributed by atoms with Gasteiger partial charge in [0.1, 0.15) is 0 Å². The van der Waals surface area contributed by atoms with Crippen LogP contribution in [0.1, 0.15) is 20.3 Å². The van der Waals surface area contributed by atoms with Gasteiger partial charge in [-0.3, -0.25) is 4.79 Å². The average Bonchev–Trinajstić information content (AvgIpc) is 1.98. The van der Waals surface area contributed by atoms with Crippen molar-refractivity contribution in [2.75, 3.05) is 7.11 Å². The van der Waals surface area contributed by atoms with Gasteiger partial charge in [-0.1, -0.05) is 5.57 Å². The number of hydrogen-bond donors (Lipinski definition) is 1. The third-order valence-electron chi connectivity index (χ3n) is 1.65. The summed E-state index contributed by atoms with van der Waals surface area (Å²) in [6.45, 7) is 7.07. The minimum atomic E-state index is -0.686. The lowest BCUT2D eigenvalue weighted by molar-refractivity contribution is -0.148. The molecule has 2 atom stereocenters. The van der Waals surface area contributed by atoms with Gasteiger partial charge in [0.05, 0.1) is 19.1 Å². The molecule has 0 saturated heterocycles. The van der Waals surface area contributed by atoms with Gasteiger partial charge in [-0.2, -0.15) is 0 Å². The molecule has 0 aromatic heterocycles. The highest BCUT2D eigenvalue weighted by Gasteiger charge is 2.23. The predicted molar refractivity (Wildman–Crippen MR) is 46.6 cm³/mol. The quantitative estimate of drug-likeness (QED) is 0.510. The number of methoxy groups -OCH3 is 1. The van der Waals surface area contributed by atoms with Crippen LogP contribution < -0.4 is 0 Å². The van der Waals surface area contributed by atoms with Crippen molar-refractivity contribution in [1.82, 2.24) is 0 Å². The molecule has 0 aromatic rings. The molecule has 0 saturated carbocycles. The Kier molecular flexibility index (Phi) is 4.59. The van der Waals surface area contributed by atoms with Gasteiger partial charge in [-0.15, -0.1) is 6.58 Å². The molecule has 0 aliphatic rings. The Bertz CT molecular complexity index is 173.